The molecule has 6 atom stereocenters. The van der Waals surface area contributed by atoms with Crippen LogP contribution in [0.3, 0.4) is 0 Å². The second-order valence-corrected chi connectivity index (χ2v) is 12.1. The monoisotopic (exact) mass is 565 g/mol. The van der Waals surface area contributed by atoms with Crippen molar-refractivity contribution in [3.8, 4) is 0 Å². The SMILES string of the molecule is C=CCN(CCCCC)C(=O)C1N([C@@H](CO)C(C)C)C(=O)[C@@H]2[C@H](C(=O)N(CC=C)Cc3ccccc3)[C@@H]3CCC12O3. The Labute approximate surface area is 245 Å². The van der Waals surface area contributed by atoms with E-state index in [2.05, 4.69) is 20.1 Å². The molecule has 2 unspecified atom stereocenters. The number of carbonyl (C=O) groups is 3. The lowest BCUT2D eigenvalue weighted by atomic mass is 9.70. The molecule has 3 fully saturated rings. The van der Waals surface area contributed by atoms with Crippen LogP contribution in [0.4, 0.5) is 0 Å². The number of hydrogen-bond donors (Lipinski definition) is 1. The topological polar surface area (TPSA) is 90.4 Å². The van der Waals surface area contributed by atoms with E-state index in [1.807, 2.05) is 44.2 Å². The van der Waals surface area contributed by atoms with Crippen LogP contribution in [0.2, 0.25) is 0 Å². The highest BCUT2D eigenvalue weighted by atomic mass is 16.5. The molecule has 41 heavy (non-hydrogen) atoms. The van der Waals surface area contributed by atoms with Crippen molar-refractivity contribution in [3.05, 3.63) is 61.2 Å². The minimum atomic E-state index is -1.10. The molecule has 1 spiro atoms. The molecule has 0 aliphatic carbocycles. The van der Waals surface area contributed by atoms with Crippen LogP contribution in [0.15, 0.2) is 55.6 Å². The van der Waals surface area contributed by atoms with Gasteiger partial charge in [0.25, 0.3) is 0 Å². The second kappa shape index (κ2) is 13.3. The molecule has 8 nitrogen and oxygen atoms in total. The van der Waals surface area contributed by atoms with Crippen molar-refractivity contribution < 1.29 is 24.2 Å². The summed E-state index contributed by atoms with van der Waals surface area (Å²) in [5.74, 6) is -2.16. The highest BCUT2D eigenvalue weighted by Gasteiger charge is 2.75. The first kappa shape index (κ1) is 31.0. The van der Waals surface area contributed by atoms with Gasteiger partial charge in [0.15, 0.2) is 0 Å². The van der Waals surface area contributed by atoms with Crippen molar-refractivity contribution in [2.24, 2.45) is 17.8 Å². The first-order chi connectivity index (χ1) is 19.7. The highest BCUT2D eigenvalue weighted by molar-refractivity contribution is 5.99. The van der Waals surface area contributed by atoms with Gasteiger partial charge in [0.1, 0.15) is 11.6 Å². The standard InChI is InChI=1S/C33H47N3O5/c1-6-9-13-20-34(18-7-2)32(40)29-33-17-16-26(41-33)27(28(33)31(39)36(29)25(22-37)23(4)5)30(38)35(19-8-3)21-24-14-11-10-12-15-24/h7-8,10-12,14-15,23,25-29,37H,2-3,6,9,13,16-22H2,1,4-5H3/t25-,26-,27+,28-,29?,33?/m0/s1. The van der Waals surface area contributed by atoms with Gasteiger partial charge in [-0.15, -0.1) is 13.2 Å². The fourth-order valence-electron chi connectivity index (χ4n) is 7.21. The average Bonchev–Trinajstić information content (AvgIpc) is 3.60. The summed E-state index contributed by atoms with van der Waals surface area (Å²) in [6.45, 7) is 15.1. The van der Waals surface area contributed by atoms with Gasteiger partial charge < -0.3 is 24.5 Å². The summed E-state index contributed by atoms with van der Waals surface area (Å²) >= 11 is 0. The Morgan fingerprint density at radius 1 is 1.12 bits per heavy atom. The summed E-state index contributed by atoms with van der Waals surface area (Å²) in [6, 6.07) is 8.29. The van der Waals surface area contributed by atoms with Gasteiger partial charge in [-0.1, -0.05) is 76.1 Å². The fraction of sp³-hybridized carbons (Fsp3) is 0.606. The first-order valence-electron chi connectivity index (χ1n) is 15.2. The molecule has 1 N–H and O–H groups in total. The lowest BCUT2D eigenvalue weighted by Gasteiger charge is -2.40. The molecule has 3 heterocycles. The molecule has 3 aliphatic rings. The molecular formula is C33H47N3O5. The average molecular weight is 566 g/mol. The number of fused-ring (bicyclic) bond motifs is 1. The molecule has 1 aromatic rings. The molecule has 0 saturated carbocycles. The third-order valence-corrected chi connectivity index (χ3v) is 9.14. The van der Waals surface area contributed by atoms with Crippen molar-refractivity contribution in [2.45, 2.75) is 83.2 Å². The number of aliphatic hydroxyl groups excluding tert-OH is 1. The molecule has 3 amide bonds. The van der Waals surface area contributed by atoms with E-state index in [4.69, 9.17) is 4.74 Å². The number of carbonyl (C=O) groups excluding carboxylic acids is 3. The van der Waals surface area contributed by atoms with Crippen LogP contribution < -0.4 is 0 Å². The maximum atomic E-state index is 14.4. The number of hydrogen-bond acceptors (Lipinski definition) is 5. The van der Waals surface area contributed by atoms with Crippen molar-refractivity contribution in [2.75, 3.05) is 26.2 Å². The molecule has 1 aromatic carbocycles. The van der Waals surface area contributed by atoms with Crippen LogP contribution >= 0.6 is 0 Å². The highest BCUT2D eigenvalue weighted by Crippen LogP contribution is 2.59. The third-order valence-electron chi connectivity index (χ3n) is 9.14. The predicted octanol–water partition coefficient (Wildman–Crippen LogP) is 3.80. The molecule has 0 aromatic heterocycles. The summed E-state index contributed by atoms with van der Waals surface area (Å²) in [4.78, 5) is 48.2. The smallest absolute Gasteiger partial charge is 0.248 e. The van der Waals surface area contributed by atoms with Gasteiger partial charge in [-0.3, -0.25) is 14.4 Å². The maximum Gasteiger partial charge on any atom is 0.248 e. The minimum Gasteiger partial charge on any atom is -0.394 e. The number of rotatable bonds is 15. The van der Waals surface area contributed by atoms with E-state index in [1.165, 1.54) is 0 Å². The minimum absolute atomic E-state index is 0.0934. The number of amides is 3. The molecule has 3 saturated heterocycles. The fourth-order valence-corrected chi connectivity index (χ4v) is 7.21. The van der Waals surface area contributed by atoms with Crippen LogP contribution in [0.1, 0.15) is 58.4 Å². The Hall–Kier alpha value is -2.97. The Bertz CT molecular complexity index is 1110. The van der Waals surface area contributed by atoms with E-state index >= 15 is 0 Å². The summed E-state index contributed by atoms with van der Waals surface area (Å²) < 4.78 is 6.67. The van der Waals surface area contributed by atoms with Crippen LogP contribution in [-0.4, -0.2) is 87.6 Å². The molecule has 224 valence electrons. The first-order valence-corrected chi connectivity index (χ1v) is 15.2. The van der Waals surface area contributed by atoms with E-state index in [0.717, 1.165) is 24.8 Å². The third kappa shape index (κ3) is 5.73. The molecule has 4 rings (SSSR count). The van der Waals surface area contributed by atoms with Crippen LogP contribution in [0, 0.1) is 17.8 Å². The molecule has 2 bridgehead atoms. The molecular weight excluding hydrogens is 518 g/mol. The van der Waals surface area contributed by atoms with Crippen LogP contribution in [0.25, 0.3) is 0 Å². The largest absolute Gasteiger partial charge is 0.394 e. The van der Waals surface area contributed by atoms with E-state index in [-0.39, 0.29) is 30.2 Å². The number of nitrogens with zero attached hydrogens (tertiary/aromatic N) is 3. The summed E-state index contributed by atoms with van der Waals surface area (Å²) in [7, 11) is 0. The van der Waals surface area contributed by atoms with Gasteiger partial charge in [-0.2, -0.15) is 0 Å². The van der Waals surface area contributed by atoms with E-state index in [1.54, 1.807) is 26.9 Å². The van der Waals surface area contributed by atoms with Gasteiger partial charge in [-0.05, 0) is 30.7 Å². The number of benzene rings is 1. The second-order valence-electron chi connectivity index (χ2n) is 12.1. The van der Waals surface area contributed by atoms with Gasteiger partial charge in [-0.25, -0.2) is 0 Å². The van der Waals surface area contributed by atoms with Gasteiger partial charge in [0.05, 0.1) is 30.6 Å². The van der Waals surface area contributed by atoms with E-state index in [0.29, 0.717) is 39.0 Å². The quantitative estimate of drug-likeness (QED) is 0.258. The van der Waals surface area contributed by atoms with Gasteiger partial charge in [0, 0.05) is 26.2 Å². The molecule has 3 aliphatic heterocycles. The van der Waals surface area contributed by atoms with Crippen LogP contribution in [-0.2, 0) is 25.7 Å². The molecule has 0 radical (unpaired) electrons. The number of aliphatic hydroxyl groups is 1. The van der Waals surface area contributed by atoms with Crippen molar-refractivity contribution >= 4 is 17.7 Å². The number of unbranched alkanes of at least 4 members (excludes halogenated alkanes) is 2. The lowest BCUT2D eigenvalue weighted by Crippen LogP contribution is -2.59. The van der Waals surface area contributed by atoms with Gasteiger partial charge in [0.2, 0.25) is 17.7 Å². The van der Waals surface area contributed by atoms with Crippen molar-refractivity contribution in [1.82, 2.24) is 14.7 Å². The summed E-state index contributed by atoms with van der Waals surface area (Å²) in [5.41, 5.74) is -0.112. The Balaban J connectivity index is 1.73. The lowest BCUT2D eigenvalue weighted by molar-refractivity contribution is -0.153. The zero-order valence-corrected chi connectivity index (χ0v) is 24.9. The Morgan fingerprint density at radius 3 is 2.41 bits per heavy atom. The summed E-state index contributed by atoms with van der Waals surface area (Å²) in [5, 5.41) is 10.5. The molecule has 8 heteroatoms. The number of ether oxygens (including phenoxy) is 1. The Morgan fingerprint density at radius 2 is 1.80 bits per heavy atom. The van der Waals surface area contributed by atoms with Gasteiger partial charge >= 0.3 is 0 Å². The normalized spacial score (nSPS) is 27.1. The van der Waals surface area contributed by atoms with E-state index in [9.17, 15) is 19.5 Å². The Kier molecular flexibility index (Phi) is 10.1. The van der Waals surface area contributed by atoms with Crippen LogP contribution in [0.5, 0.6) is 0 Å². The maximum absolute atomic E-state index is 14.4. The zero-order chi connectivity index (χ0) is 29.7. The van der Waals surface area contributed by atoms with E-state index < -0.39 is 35.6 Å². The van der Waals surface area contributed by atoms with Crippen molar-refractivity contribution in [3.63, 3.8) is 0 Å². The predicted molar refractivity (Wildman–Crippen MR) is 159 cm³/mol. The zero-order valence-electron chi connectivity index (χ0n) is 24.9. The number of likely N-dealkylation sites (tertiary alicyclic amines) is 1. The summed E-state index contributed by atoms with van der Waals surface area (Å²) in [6.07, 6.45) is 6.97. The van der Waals surface area contributed by atoms with Crippen molar-refractivity contribution in [1.29, 1.82) is 0 Å².